The van der Waals surface area contributed by atoms with E-state index < -0.39 is 0 Å². The second kappa shape index (κ2) is 6.29. The predicted molar refractivity (Wildman–Crippen MR) is 83.0 cm³/mol. The largest absolute Gasteiger partial charge is 0.493 e. The maximum atomic E-state index is 5.35. The fourth-order valence-electron chi connectivity index (χ4n) is 1.76. The molecule has 0 heterocycles. The van der Waals surface area contributed by atoms with Crippen LogP contribution in [0.3, 0.4) is 0 Å². The van der Waals surface area contributed by atoms with Crippen molar-refractivity contribution >= 4 is 31.9 Å². The molecule has 0 amide bonds. The van der Waals surface area contributed by atoms with Crippen molar-refractivity contribution in [3.8, 4) is 11.5 Å². The van der Waals surface area contributed by atoms with Crippen molar-refractivity contribution < 1.29 is 9.47 Å². The first-order valence-electron chi connectivity index (χ1n) is 5.84. The Bertz CT molecular complexity index is 411. The summed E-state index contributed by atoms with van der Waals surface area (Å²) in [4.78, 5) is 0.284. The smallest absolute Gasteiger partial charge is 0.161 e. The van der Waals surface area contributed by atoms with Crippen LogP contribution in [0.15, 0.2) is 16.6 Å². The van der Waals surface area contributed by atoms with Crippen LogP contribution >= 0.6 is 31.9 Å². The molecule has 18 heavy (non-hydrogen) atoms. The highest BCUT2D eigenvalue weighted by molar-refractivity contribution is 9.11. The minimum absolute atomic E-state index is 0.265. The lowest BCUT2D eigenvalue weighted by atomic mass is 9.88. The lowest BCUT2D eigenvalue weighted by molar-refractivity contribution is 0.352. The molecule has 1 aromatic carbocycles. The Hall–Kier alpha value is -0.220. The molecule has 0 aromatic heterocycles. The van der Waals surface area contributed by atoms with Gasteiger partial charge in [-0.25, -0.2) is 0 Å². The van der Waals surface area contributed by atoms with Crippen LogP contribution in [0.2, 0.25) is 0 Å². The van der Waals surface area contributed by atoms with E-state index in [1.807, 2.05) is 12.1 Å². The summed E-state index contributed by atoms with van der Waals surface area (Å²) in [7, 11) is 3.30. The zero-order valence-corrected chi connectivity index (χ0v) is 14.7. The predicted octanol–water partition coefficient (Wildman–Crippen LogP) is 5.34. The van der Waals surface area contributed by atoms with Crippen LogP contribution in [0.25, 0.3) is 0 Å². The van der Waals surface area contributed by atoms with Gasteiger partial charge in [0, 0.05) is 9.30 Å². The molecule has 1 rings (SSSR count). The third kappa shape index (κ3) is 4.16. The summed E-state index contributed by atoms with van der Waals surface area (Å²) in [6, 6.07) is 3.97. The molecule has 0 radical (unpaired) electrons. The highest BCUT2D eigenvalue weighted by atomic mass is 79.9. The Morgan fingerprint density at radius 2 is 1.61 bits per heavy atom. The maximum Gasteiger partial charge on any atom is 0.161 e. The van der Waals surface area contributed by atoms with Gasteiger partial charge in [0.1, 0.15) is 0 Å². The molecule has 2 nitrogen and oxygen atoms in total. The topological polar surface area (TPSA) is 18.5 Å². The van der Waals surface area contributed by atoms with Crippen molar-refractivity contribution in [1.29, 1.82) is 0 Å². The first kappa shape index (κ1) is 15.8. The lowest BCUT2D eigenvalue weighted by Gasteiger charge is -2.23. The number of hydrogen-bond acceptors (Lipinski definition) is 2. The highest BCUT2D eigenvalue weighted by Gasteiger charge is 2.21. The first-order chi connectivity index (χ1) is 8.28. The van der Waals surface area contributed by atoms with Crippen LogP contribution in [-0.4, -0.2) is 14.2 Å². The van der Waals surface area contributed by atoms with Gasteiger partial charge in [-0.05, 0) is 29.5 Å². The van der Waals surface area contributed by atoms with Gasteiger partial charge >= 0.3 is 0 Å². The van der Waals surface area contributed by atoms with E-state index in [1.54, 1.807) is 14.2 Å². The van der Waals surface area contributed by atoms with Crippen molar-refractivity contribution in [3.63, 3.8) is 0 Å². The van der Waals surface area contributed by atoms with Crippen LogP contribution in [0, 0.1) is 5.41 Å². The Balaban J connectivity index is 3.09. The SMILES string of the molecule is COc1cc(Br)c(C(Br)CC(C)(C)C)cc1OC. The average Bonchev–Trinajstić information content (AvgIpc) is 2.26. The summed E-state index contributed by atoms with van der Waals surface area (Å²) >= 11 is 7.35. The second-order valence-electron chi connectivity index (χ2n) is 5.46. The molecule has 0 aliphatic carbocycles. The zero-order valence-electron chi connectivity index (χ0n) is 11.5. The lowest BCUT2D eigenvalue weighted by Crippen LogP contribution is -2.09. The number of halogens is 2. The summed E-state index contributed by atoms with van der Waals surface area (Å²) in [6.45, 7) is 6.70. The van der Waals surface area contributed by atoms with Crippen molar-refractivity contribution in [1.82, 2.24) is 0 Å². The third-order valence-electron chi connectivity index (χ3n) is 2.63. The number of ether oxygens (including phenoxy) is 2. The summed E-state index contributed by atoms with van der Waals surface area (Å²) < 4.78 is 11.7. The van der Waals surface area contributed by atoms with E-state index in [9.17, 15) is 0 Å². The molecule has 0 bridgehead atoms. The minimum atomic E-state index is 0.265. The second-order valence-corrected chi connectivity index (χ2v) is 7.42. The number of rotatable bonds is 4. The van der Waals surface area contributed by atoms with Crippen molar-refractivity contribution in [2.75, 3.05) is 14.2 Å². The van der Waals surface area contributed by atoms with Gasteiger partial charge in [0.25, 0.3) is 0 Å². The fraction of sp³-hybridized carbons (Fsp3) is 0.571. The first-order valence-corrected chi connectivity index (χ1v) is 7.55. The molecule has 0 spiro atoms. The normalized spacial score (nSPS) is 13.3. The summed E-state index contributed by atoms with van der Waals surface area (Å²) in [6.07, 6.45) is 1.04. The Kier molecular flexibility index (Phi) is 5.53. The van der Waals surface area contributed by atoms with Gasteiger partial charge in [-0.3, -0.25) is 0 Å². The van der Waals surface area contributed by atoms with E-state index in [2.05, 4.69) is 52.6 Å². The molecule has 0 fully saturated rings. The molecule has 0 saturated heterocycles. The van der Waals surface area contributed by atoms with Gasteiger partial charge in [0.15, 0.2) is 11.5 Å². The molecule has 1 atom stereocenters. The molecule has 102 valence electrons. The average molecular weight is 380 g/mol. The Morgan fingerprint density at radius 1 is 1.11 bits per heavy atom. The molecular weight excluding hydrogens is 360 g/mol. The maximum absolute atomic E-state index is 5.35. The van der Waals surface area contributed by atoms with Crippen molar-refractivity contribution in [3.05, 3.63) is 22.2 Å². The van der Waals surface area contributed by atoms with Gasteiger partial charge < -0.3 is 9.47 Å². The minimum Gasteiger partial charge on any atom is -0.493 e. The Labute approximate surface area is 126 Å². The van der Waals surface area contributed by atoms with Crippen LogP contribution < -0.4 is 9.47 Å². The van der Waals surface area contributed by atoms with Gasteiger partial charge in [0.05, 0.1) is 14.2 Å². The van der Waals surface area contributed by atoms with E-state index in [1.165, 1.54) is 5.56 Å². The van der Waals surface area contributed by atoms with E-state index in [-0.39, 0.29) is 10.2 Å². The number of alkyl halides is 1. The van der Waals surface area contributed by atoms with Crippen molar-refractivity contribution in [2.45, 2.75) is 32.0 Å². The van der Waals surface area contributed by atoms with E-state index in [0.29, 0.717) is 0 Å². The van der Waals surface area contributed by atoms with E-state index >= 15 is 0 Å². The molecular formula is C14H20Br2O2. The molecule has 4 heteroatoms. The molecule has 0 aliphatic rings. The Morgan fingerprint density at radius 3 is 2.06 bits per heavy atom. The van der Waals surface area contributed by atoms with E-state index in [0.717, 1.165) is 22.4 Å². The number of hydrogen-bond donors (Lipinski definition) is 0. The van der Waals surface area contributed by atoms with Crippen LogP contribution in [0.4, 0.5) is 0 Å². The summed E-state index contributed by atoms with van der Waals surface area (Å²) in [5, 5.41) is 0. The molecule has 1 aromatic rings. The summed E-state index contributed by atoms with van der Waals surface area (Å²) in [5.41, 5.74) is 1.45. The van der Waals surface area contributed by atoms with Gasteiger partial charge in [-0.2, -0.15) is 0 Å². The van der Waals surface area contributed by atoms with Crippen LogP contribution in [0.1, 0.15) is 37.6 Å². The molecule has 0 saturated carbocycles. The monoisotopic (exact) mass is 378 g/mol. The molecule has 0 N–H and O–H groups in total. The summed E-state index contributed by atoms with van der Waals surface area (Å²) in [5.74, 6) is 1.50. The number of benzene rings is 1. The third-order valence-corrected chi connectivity index (χ3v) is 4.14. The van der Waals surface area contributed by atoms with Gasteiger partial charge in [-0.1, -0.05) is 52.6 Å². The van der Waals surface area contributed by atoms with E-state index in [4.69, 9.17) is 9.47 Å². The van der Waals surface area contributed by atoms with Gasteiger partial charge in [0.2, 0.25) is 0 Å². The van der Waals surface area contributed by atoms with Gasteiger partial charge in [-0.15, -0.1) is 0 Å². The number of methoxy groups -OCH3 is 2. The van der Waals surface area contributed by atoms with Crippen LogP contribution in [-0.2, 0) is 0 Å². The quantitative estimate of drug-likeness (QED) is 0.657. The van der Waals surface area contributed by atoms with Crippen molar-refractivity contribution in [2.24, 2.45) is 5.41 Å². The molecule has 1 unspecified atom stereocenters. The molecule has 0 aliphatic heterocycles. The fourth-order valence-corrected chi connectivity index (χ4v) is 4.01. The zero-order chi connectivity index (χ0) is 13.9. The standard InChI is InChI=1S/C14H20Br2O2/c1-14(2,3)8-11(16)9-6-12(17-4)13(18-5)7-10(9)15/h6-7,11H,8H2,1-5H3. The van der Waals surface area contributed by atoms with Crippen LogP contribution in [0.5, 0.6) is 11.5 Å². The highest BCUT2D eigenvalue weighted by Crippen LogP contribution is 2.42.